The van der Waals surface area contributed by atoms with E-state index in [-0.39, 0.29) is 28.8 Å². The Morgan fingerprint density at radius 1 is 1.07 bits per heavy atom. The normalized spacial score (nSPS) is 45.8. The number of esters is 1. The minimum atomic E-state index is -0.152. The number of hydrogen-bond donors (Lipinski definition) is 1. The van der Waals surface area contributed by atoms with Crippen LogP contribution in [0.4, 0.5) is 0 Å². The van der Waals surface area contributed by atoms with Gasteiger partial charge in [-0.05, 0) is 73.5 Å². The molecule has 4 nitrogen and oxygen atoms in total. The Bertz CT molecular complexity index is 671. The van der Waals surface area contributed by atoms with Crippen molar-refractivity contribution in [1.82, 2.24) is 5.32 Å². The minimum absolute atomic E-state index is 0.0721. The molecule has 0 aromatic rings. The van der Waals surface area contributed by atoms with Crippen molar-refractivity contribution in [3.63, 3.8) is 0 Å². The van der Waals surface area contributed by atoms with Gasteiger partial charge in [-0.25, -0.2) is 0 Å². The van der Waals surface area contributed by atoms with Gasteiger partial charge in [0, 0.05) is 26.3 Å². The molecule has 4 heteroatoms. The standard InChI is InChI=1S/C23H35NO3/c1-14(25)24-21-8-7-19-18-6-5-16-13-17(27-15(2)26)9-11-22(16,3)20(18)10-12-23(19,21)4/h5,17-21H,6-13H2,1-4H3,(H,24,25). The van der Waals surface area contributed by atoms with Crippen molar-refractivity contribution in [3.8, 4) is 0 Å². The van der Waals surface area contributed by atoms with Crippen LogP contribution in [0.3, 0.4) is 0 Å². The number of rotatable bonds is 2. The molecule has 0 bridgehead atoms. The molecule has 0 heterocycles. The number of amides is 1. The second-order valence-electron chi connectivity index (χ2n) is 10.1. The van der Waals surface area contributed by atoms with E-state index in [1.807, 2.05) is 0 Å². The third-order valence-corrected chi connectivity index (χ3v) is 8.77. The average molecular weight is 374 g/mol. The smallest absolute Gasteiger partial charge is 0.302 e. The molecule has 3 saturated carbocycles. The largest absolute Gasteiger partial charge is 0.462 e. The van der Waals surface area contributed by atoms with E-state index in [0.717, 1.165) is 43.9 Å². The Kier molecular flexibility index (Phi) is 4.67. The lowest BCUT2D eigenvalue weighted by Crippen LogP contribution is -2.53. The van der Waals surface area contributed by atoms with Crippen LogP contribution in [-0.4, -0.2) is 24.0 Å². The zero-order valence-corrected chi connectivity index (χ0v) is 17.3. The van der Waals surface area contributed by atoms with Crippen LogP contribution in [0.5, 0.6) is 0 Å². The highest BCUT2D eigenvalue weighted by Crippen LogP contribution is 2.64. The fourth-order valence-electron chi connectivity index (χ4n) is 7.45. The number of fused-ring (bicyclic) bond motifs is 5. The highest BCUT2D eigenvalue weighted by atomic mass is 16.5. The Labute approximate surface area is 163 Å². The summed E-state index contributed by atoms with van der Waals surface area (Å²) in [6, 6.07) is 0.346. The fraction of sp³-hybridized carbons (Fsp3) is 0.826. The molecule has 4 aliphatic carbocycles. The lowest BCUT2D eigenvalue weighted by Gasteiger charge is -2.58. The van der Waals surface area contributed by atoms with Gasteiger partial charge in [-0.3, -0.25) is 9.59 Å². The van der Waals surface area contributed by atoms with Crippen LogP contribution < -0.4 is 5.32 Å². The van der Waals surface area contributed by atoms with Gasteiger partial charge in [0.05, 0.1) is 0 Å². The number of nitrogens with one attached hydrogen (secondary N) is 1. The highest BCUT2D eigenvalue weighted by Gasteiger charge is 2.58. The van der Waals surface area contributed by atoms with Gasteiger partial charge in [0.2, 0.25) is 5.91 Å². The summed E-state index contributed by atoms with van der Waals surface area (Å²) < 4.78 is 5.54. The number of allylic oxidation sites excluding steroid dienone is 1. The topological polar surface area (TPSA) is 55.4 Å². The summed E-state index contributed by atoms with van der Waals surface area (Å²) in [5.74, 6) is 2.16. The van der Waals surface area contributed by atoms with Gasteiger partial charge in [0.1, 0.15) is 6.10 Å². The predicted octanol–water partition coefficient (Wildman–Crippen LogP) is 4.39. The van der Waals surface area contributed by atoms with Crippen molar-refractivity contribution in [3.05, 3.63) is 11.6 Å². The highest BCUT2D eigenvalue weighted by molar-refractivity contribution is 5.73. The third-order valence-electron chi connectivity index (χ3n) is 8.77. The van der Waals surface area contributed by atoms with Crippen molar-refractivity contribution in [1.29, 1.82) is 0 Å². The van der Waals surface area contributed by atoms with Gasteiger partial charge in [-0.2, -0.15) is 0 Å². The average Bonchev–Trinajstić information content (AvgIpc) is 2.91. The molecule has 0 aromatic heterocycles. The zero-order chi connectivity index (χ0) is 19.4. The number of hydrogen-bond acceptors (Lipinski definition) is 3. The summed E-state index contributed by atoms with van der Waals surface area (Å²) in [7, 11) is 0. The fourth-order valence-corrected chi connectivity index (χ4v) is 7.45. The zero-order valence-electron chi connectivity index (χ0n) is 17.3. The summed E-state index contributed by atoms with van der Waals surface area (Å²) >= 11 is 0. The minimum Gasteiger partial charge on any atom is -0.462 e. The number of carbonyl (C=O) groups is 2. The summed E-state index contributed by atoms with van der Waals surface area (Å²) in [4.78, 5) is 23.1. The van der Waals surface area contributed by atoms with Crippen LogP contribution in [0.15, 0.2) is 11.6 Å². The van der Waals surface area contributed by atoms with E-state index in [1.54, 1.807) is 12.5 Å². The van der Waals surface area contributed by atoms with Crippen molar-refractivity contribution in [2.24, 2.45) is 28.6 Å². The maximum Gasteiger partial charge on any atom is 0.302 e. The summed E-state index contributed by atoms with van der Waals surface area (Å²) in [6.07, 6.45) is 11.6. The molecular weight excluding hydrogens is 338 g/mol. The van der Waals surface area contributed by atoms with Crippen LogP contribution in [0.1, 0.15) is 79.1 Å². The van der Waals surface area contributed by atoms with E-state index < -0.39 is 0 Å². The first-order chi connectivity index (χ1) is 12.7. The molecule has 3 fully saturated rings. The van der Waals surface area contributed by atoms with Crippen molar-refractivity contribution < 1.29 is 14.3 Å². The van der Waals surface area contributed by atoms with E-state index in [4.69, 9.17) is 4.74 Å². The maximum absolute atomic E-state index is 11.7. The molecule has 1 N–H and O–H groups in total. The van der Waals surface area contributed by atoms with Gasteiger partial charge >= 0.3 is 5.97 Å². The van der Waals surface area contributed by atoms with Crippen LogP contribution in [-0.2, 0) is 14.3 Å². The van der Waals surface area contributed by atoms with Gasteiger partial charge in [0.25, 0.3) is 0 Å². The van der Waals surface area contributed by atoms with E-state index in [9.17, 15) is 9.59 Å². The molecule has 150 valence electrons. The van der Waals surface area contributed by atoms with Crippen molar-refractivity contribution in [2.75, 3.05) is 0 Å². The monoisotopic (exact) mass is 373 g/mol. The Balaban J connectivity index is 1.55. The lowest BCUT2D eigenvalue weighted by molar-refractivity contribution is -0.148. The molecular formula is C23H35NO3. The van der Waals surface area contributed by atoms with E-state index in [0.29, 0.717) is 12.0 Å². The molecule has 4 aliphatic rings. The first-order valence-electron chi connectivity index (χ1n) is 10.9. The first-order valence-corrected chi connectivity index (χ1v) is 10.9. The van der Waals surface area contributed by atoms with E-state index >= 15 is 0 Å². The second-order valence-corrected chi connectivity index (χ2v) is 10.1. The SMILES string of the molecule is CC(=O)NC1CCC2C3CC=C4CC(OC(C)=O)CCC4(C)C3CCC12C. The van der Waals surface area contributed by atoms with Crippen molar-refractivity contribution in [2.45, 2.75) is 91.2 Å². The lowest BCUT2D eigenvalue weighted by atomic mass is 9.48. The first kappa shape index (κ1) is 19.0. The molecule has 0 spiro atoms. The summed E-state index contributed by atoms with van der Waals surface area (Å²) in [5, 5.41) is 3.26. The predicted molar refractivity (Wildman–Crippen MR) is 105 cm³/mol. The molecule has 7 unspecified atom stereocenters. The molecule has 0 aliphatic heterocycles. The molecule has 0 radical (unpaired) electrons. The van der Waals surface area contributed by atoms with Gasteiger partial charge in [-0.1, -0.05) is 25.5 Å². The summed E-state index contributed by atoms with van der Waals surface area (Å²) in [5.41, 5.74) is 2.07. The van der Waals surface area contributed by atoms with Crippen molar-refractivity contribution >= 4 is 11.9 Å². The molecule has 0 saturated heterocycles. The van der Waals surface area contributed by atoms with Crippen LogP contribution in [0.2, 0.25) is 0 Å². The van der Waals surface area contributed by atoms with Gasteiger partial charge < -0.3 is 10.1 Å². The maximum atomic E-state index is 11.7. The van der Waals surface area contributed by atoms with E-state index in [1.165, 1.54) is 26.2 Å². The van der Waals surface area contributed by atoms with Crippen LogP contribution >= 0.6 is 0 Å². The molecule has 7 atom stereocenters. The van der Waals surface area contributed by atoms with Gasteiger partial charge in [-0.15, -0.1) is 0 Å². The van der Waals surface area contributed by atoms with Crippen LogP contribution in [0, 0.1) is 28.6 Å². The Morgan fingerprint density at radius 2 is 1.85 bits per heavy atom. The third kappa shape index (κ3) is 3.03. The molecule has 4 rings (SSSR count). The quantitative estimate of drug-likeness (QED) is 0.577. The van der Waals surface area contributed by atoms with E-state index in [2.05, 4.69) is 25.2 Å². The molecule has 27 heavy (non-hydrogen) atoms. The number of ether oxygens (including phenoxy) is 1. The second kappa shape index (κ2) is 6.63. The van der Waals surface area contributed by atoms with Crippen LogP contribution in [0.25, 0.3) is 0 Å². The Morgan fingerprint density at radius 3 is 2.56 bits per heavy atom. The summed E-state index contributed by atoms with van der Waals surface area (Å²) in [6.45, 7) is 8.08. The molecule has 1 amide bonds. The molecule has 0 aromatic carbocycles. The number of carbonyl (C=O) groups excluding carboxylic acids is 2. The van der Waals surface area contributed by atoms with Gasteiger partial charge in [0.15, 0.2) is 0 Å². The Hall–Kier alpha value is -1.32.